The van der Waals surface area contributed by atoms with Crippen LogP contribution in [0.4, 0.5) is 5.95 Å². The molecule has 0 amide bonds. The van der Waals surface area contributed by atoms with E-state index >= 15 is 0 Å². The van der Waals surface area contributed by atoms with Crippen molar-refractivity contribution < 1.29 is 9.47 Å². The molecule has 5 nitrogen and oxygen atoms in total. The Balaban J connectivity index is 2.37. The van der Waals surface area contributed by atoms with Crippen molar-refractivity contribution in [3.05, 3.63) is 12.4 Å². The first-order valence-electron chi connectivity index (χ1n) is 6.12. The minimum Gasteiger partial charge on any atom is -0.383 e. The predicted molar refractivity (Wildman–Crippen MR) is 68.3 cm³/mol. The number of methoxy groups -OCH3 is 1. The van der Waals surface area contributed by atoms with Crippen molar-refractivity contribution in [1.29, 1.82) is 0 Å². The molecule has 1 N–H and O–H groups in total. The maximum atomic E-state index is 5.32. The minimum absolute atomic E-state index is 0.257. The van der Waals surface area contributed by atoms with Crippen molar-refractivity contribution in [1.82, 2.24) is 9.55 Å². The Kier molecular flexibility index (Phi) is 6.65. The molecular formula is C12H23N3O2. The third kappa shape index (κ3) is 5.19. The van der Waals surface area contributed by atoms with Gasteiger partial charge in [-0.15, -0.1) is 0 Å². The Labute approximate surface area is 103 Å². The highest BCUT2D eigenvalue weighted by molar-refractivity contribution is 5.27. The van der Waals surface area contributed by atoms with E-state index in [1.54, 1.807) is 7.11 Å². The van der Waals surface area contributed by atoms with Crippen molar-refractivity contribution in [2.75, 3.05) is 32.2 Å². The van der Waals surface area contributed by atoms with Crippen LogP contribution < -0.4 is 5.32 Å². The first kappa shape index (κ1) is 14.0. The van der Waals surface area contributed by atoms with Crippen LogP contribution in [0.25, 0.3) is 0 Å². The first-order valence-corrected chi connectivity index (χ1v) is 6.12. The zero-order chi connectivity index (χ0) is 12.5. The summed E-state index contributed by atoms with van der Waals surface area (Å²) >= 11 is 0. The van der Waals surface area contributed by atoms with Crippen LogP contribution in [-0.2, 0) is 16.0 Å². The Morgan fingerprint density at radius 3 is 3.06 bits per heavy atom. The zero-order valence-electron chi connectivity index (χ0n) is 11.0. The highest BCUT2D eigenvalue weighted by Gasteiger charge is 2.06. The number of ether oxygens (including phenoxy) is 2. The van der Waals surface area contributed by atoms with Gasteiger partial charge in [0.15, 0.2) is 0 Å². The SMILES string of the molecule is CCOCCCn1ccnc1NC(C)COC. The van der Waals surface area contributed by atoms with E-state index in [4.69, 9.17) is 9.47 Å². The number of hydrogen-bond acceptors (Lipinski definition) is 4. The summed E-state index contributed by atoms with van der Waals surface area (Å²) in [6.07, 6.45) is 4.79. The average Bonchev–Trinajstić information content (AvgIpc) is 2.72. The van der Waals surface area contributed by atoms with Crippen molar-refractivity contribution in [3.8, 4) is 0 Å². The average molecular weight is 241 g/mol. The van der Waals surface area contributed by atoms with Crippen LogP contribution in [-0.4, -0.2) is 42.5 Å². The lowest BCUT2D eigenvalue weighted by Crippen LogP contribution is -2.23. The molecule has 1 aromatic heterocycles. The van der Waals surface area contributed by atoms with Crippen molar-refractivity contribution in [3.63, 3.8) is 0 Å². The standard InChI is InChI=1S/C12H23N3O2/c1-4-17-9-5-7-15-8-6-13-12(15)14-11(2)10-16-3/h6,8,11H,4-5,7,9-10H2,1-3H3,(H,13,14). The van der Waals surface area contributed by atoms with Gasteiger partial charge in [-0.3, -0.25) is 0 Å². The predicted octanol–water partition coefficient (Wildman–Crippen LogP) is 1.76. The molecule has 0 radical (unpaired) electrons. The number of hydrogen-bond donors (Lipinski definition) is 1. The molecule has 0 spiro atoms. The second-order valence-electron chi connectivity index (χ2n) is 4.00. The second kappa shape index (κ2) is 8.08. The number of anilines is 1. The van der Waals surface area contributed by atoms with Crippen LogP contribution in [0.15, 0.2) is 12.4 Å². The fraction of sp³-hybridized carbons (Fsp3) is 0.750. The summed E-state index contributed by atoms with van der Waals surface area (Å²) in [7, 11) is 1.70. The summed E-state index contributed by atoms with van der Waals surface area (Å²) in [5.41, 5.74) is 0. The van der Waals surface area contributed by atoms with E-state index in [1.165, 1.54) is 0 Å². The number of aromatic nitrogens is 2. The summed E-state index contributed by atoms with van der Waals surface area (Å²) in [4.78, 5) is 4.29. The number of rotatable bonds is 9. The Morgan fingerprint density at radius 2 is 2.35 bits per heavy atom. The third-order valence-electron chi connectivity index (χ3n) is 2.40. The molecule has 5 heteroatoms. The maximum absolute atomic E-state index is 5.32. The van der Waals surface area contributed by atoms with E-state index in [1.807, 2.05) is 19.3 Å². The topological polar surface area (TPSA) is 48.3 Å². The molecule has 1 unspecified atom stereocenters. The van der Waals surface area contributed by atoms with E-state index in [2.05, 4.69) is 21.8 Å². The normalized spacial score (nSPS) is 12.6. The molecule has 0 saturated heterocycles. The van der Waals surface area contributed by atoms with Crippen LogP contribution in [0, 0.1) is 0 Å². The molecule has 0 aliphatic carbocycles. The van der Waals surface area contributed by atoms with Gasteiger partial charge >= 0.3 is 0 Å². The lowest BCUT2D eigenvalue weighted by atomic mass is 10.4. The molecule has 98 valence electrons. The number of nitrogens with one attached hydrogen (secondary N) is 1. The lowest BCUT2D eigenvalue weighted by molar-refractivity contribution is 0.141. The third-order valence-corrected chi connectivity index (χ3v) is 2.40. The zero-order valence-corrected chi connectivity index (χ0v) is 11.0. The fourth-order valence-corrected chi connectivity index (χ4v) is 1.62. The van der Waals surface area contributed by atoms with Crippen LogP contribution in [0.3, 0.4) is 0 Å². The summed E-state index contributed by atoms with van der Waals surface area (Å²) < 4.78 is 12.5. The Hall–Kier alpha value is -1.07. The molecule has 0 saturated carbocycles. The molecule has 1 atom stereocenters. The van der Waals surface area contributed by atoms with Gasteiger partial charge in [-0.2, -0.15) is 0 Å². The molecule has 1 rings (SSSR count). The number of nitrogens with zero attached hydrogens (tertiary/aromatic N) is 2. The van der Waals surface area contributed by atoms with Gasteiger partial charge < -0.3 is 19.4 Å². The smallest absolute Gasteiger partial charge is 0.203 e. The van der Waals surface area contributed by atoms with Gasteiger partial charge in [0.2, 0.25) is 5.95 Å². The Morgan fingerprint density at radius 1 is 1.53 bits per heavy atom. The molecule has 1 aromatic rings. The van der Waals surface area contributed by atoms with Gasteiger partial charge in [0, 0.05) is 45.3 Å². The molecule has 0 fully saturated rings. The van der Waals surface area contributed by atoms with E-state index in [-0.39, 0.29) is 6.04 Å². The number of imidazole rings is 1. The first-order chi connectivity index (χ1) is 8.27. The fourth-order valence-electron chi connectivity index (χ4n) is 1.62. The van der Waals surface area contributed by atoms with E-state index in [0.29, 0.717) is 6.61 Å². The van der Waals surface area contributed by atoms with Gasteiger partial charge in [0.05, 0.1) is 6.61 Å². The van der Waals surface area contributed by atoms with Crippen LogP contribution in [0.2, 0.25) is 0 Å². The van der Waals surface area contributed by atoms with Gasteiger partial charge in [0.1, 0.15) is 0 Å². The lowest BCUT2D eigenvalue weighted by Gasteiger charge is -2.15. The van der Waals surface area contributed by atoms with Crippen LogP contribution in [0.1, 0.15) is 20.3 Å². The quantitative estimate of drug-likeness (QED) is 0.669. The maximum Gasteiger partial charge on any atom is 0.203 e. The summed E-state index contributed by atoms with van der Waals surface area (Å²) in [6, 6.07) is 0.257. The van der Waals surface area contributed by atoms with Crippen molar-refractivity contribution in [2.24, 2.45) is 0 Å². The monoisotopic (exact) mass is 241 g/mol. The van der Waals surface area contributed by atoms with Gasteiger partial charge in [-0.25, -0.2) is 4.98 Å². The summed E-state index contributed by atoms with van der Waals surface area (Å²) in [5.74, 6) is 0.894. The van der Waals surface area contributed by atoms with Crippen molar-refractivity contribution >= 4 is 5.95 Å². The molecule has 0 aliphatic rings. The van der Waals surface area contributed by atoms with E-state index in [0.717, 1.165) is 32.1 Å². The minimum atomic E-state index is 0.257. The molecule has 17 heavy (non-hydrogen) atoms. The molecule has 0 aliphatic heterocycles. The molecule has 0 bridgehead atoms. The van der Waals surface area contributed by atoms with Crippen LogP contribution >= 0.6 is 0 Å². The molecule has 0 aromatic carbocycles. The van der Waals surface area contributed by atoms with E-state index < -0.39 is 0 Å². The van der Waals surface area contributed by atoms with E-state index in [9.17, 15) is 0 Å². The molecular weight excluding hydrogens is 218 g/mol. The second-order valence-corrected chi connectivity index (χ2v) is 4.00. The van der Waals surface area contributed by atoms with Crippen molar-refractivity contribution in [2.45, 2.75) is 32.9 Å². The summed E-state index contributed by atoms with van der Waals surface area (Å²) in [5, 5.41) is 3.32. The Bertz CT molecular complexity index is 302. The van der Waals surface area contributed by atoms with Gasteiger partial charge in [-0.1, -0.05) is 0 Å². The van der Waals surface area contributed by atoms with Gasteiger partial charge in [-0.05, 0) is 20.3 Å². The highest BCUT2D eigenvalue weighted by Crippen LogP contribution is 2.07. The van der Waals surface area contributed by atoms with Gasteiger partial charge in [0.25, 0.3) is 0 Å². The summed E-state index contributed by atoms with van der Waals surface area (Å²) in [6.45, 7) is 7.24. The number of aryl methyl sites for hydroxylation is 1. The molecule has 1 heterocycles. The largest absolute Gasteiger partial charge is 0.383 e. The van der Waals surface area contributed by atoms with Crippen LogP contribution in [0.5, 0.6) is 0 Å². The highest BCUT2D eigenvalue weighted by atomic mass is 16.5.